The lowest BCUT2D eigenvalue weighted by molar-refractivity contribution is 0.418. The van der Waals surface area contributed by atoms with Crippen LogP contribution in [0.1, 0.15) is 63.8 Å². The molecule has 2 N–H and O–H groups in total. The smallest absolute Gasteiger partial charge is 0.134 e. The molecule has 0 fully saturated rings. The Balaban J connectivity index is 2.70. The topological polar surface area (TPSA) is 49.7 Å². The van der Waals surface area contributed by atoms with Gasteiger partial charge in [-0.25, -0.2) is 0 Å². The summed E-state index contributed by atoms with van der Waals surface area (Å²) in [5.41, 5.74) is 3.33. The summed E-state index contributed by atoms with van der Waals surface area (Å²) in [7, 11) is 0. The van der Waals surface area contributed by atoms with Crippen LogP contribution in [0.2, 0.25) is 0 Å². The number of ether oxygens (including phenoxy) is 1. The van der Waals surface area contributed by atoms with Crippen LogP contribution in [0.5, 0.6) is 23.0 Å². The van der Waals surface area contributed by atoms with Gasteiger partial charge >= 0.3 is 0 Å². The van der Waals surface area contributed by atoms with Crippen molar-refractivity contribution in [3.8, 4) is 23.0 Å². The largest absolute Gasteiger partial charge is 0.508 e. The van der Waals surface area contributed by atoms with Crippen molar-refractivity contribution < 1.29 is 14.9 Å². The molecule has 0 saturated heterocycles. The molecule has 0 bridgehead atoms. The van der Waals surface area contributed by atoms with Crippen molar-refractivity contribution in [2.75, 3.05) is 0 Å². The molecule has 0 amide bonds. The van der Waals surface area contributed by atoms with Crippen molar-refractivity contribution in [1.82, 2.24) is 0 Å². The fraction of sp³-hybridized carbons (Fsp3) is 0.455. The number of benzene rings is 2. The van der Waals surface area contributed by atoms with Crippen molar-refractivity contribution in [1.29, 1.82) is 0 Å². The summed E-state index contributed by atoms with van der Waals surface area (Å²) < 4.78 is 6.44. The molecule has 0 spiro atoms. The summed E-state index contributed by atoms with van der Waals surface area (Å²) in [6.07, 6.45) is 0. The van der Waals surface area contributed by atoms with E-state index in [-0.39, 0.29) is 22.3 Å². The minimum absolute atomic E-state index is 0.175. The summed E-state index contributed by atoms with van der Waals surface area (Å²) in [6.45, 7) is 16.5. The molecule has 0 radical (unpaired) electrons. The number of hydrogen-bond acceptors (Lipinski definition) is 3. The minimum atomic E-state index is -0.175. The minimum Gasteiger partial charge on any atom is -0.508 e. The zero-order valence-electron chi connectivity index (χ0n) is 16.6. The third kappa shape index (κ3) is 4.09. The van der Waals surface area contributed by atoms with E-state index in [9.17, 15) is 10.2 Å². The van der Waals surface area contributed by atoms with Crippen LogP contribution in [0.25, 0.3) is 0 Å². The van der Waals surface area contributed by atoms with Gasteiger partial charge in [-0.2, -0.15) is 0 Å². The monoisotopic (exact) mass is 342 g/mol. The predicted octanol–water partition coefficient (Wildman–Crippen LogP) is 6.10. The Morgan fingerprint density at radius 2 is 0.960 bits per heavy atom. The highest BCUT2D eigenvalue weighted by Crippen LogP contribution is 2.44. The molecule has 3 nitrogen and oxygen atoms in total. The summed E-state index contributed by atoms with van der Waals surface area (Å²) in [5.74, 6) is 2.02. The number of phenolic OH excluding ortho intramolecular Hbond substituents is 2. The number of phenols is 2. The molecule has 0 atom stereocenters. The van der Waals surface area contributed by atoms with Crippen LogP contribution in [0.4, 0.5) is 0 Å². The van der Waals surface area contributed by atoms with Gasteiger partial charge in [0, 0.05) is 11.1 Å². The van der Waals surface area contributed by atoms with Crippen LogP contribution >= 0.6 is 0 Å². The first-order valence-corrected chi connectivity index (χ1v) is 8.66. The maximum absolute atomic E-state index is 10.0. The molecular weight excluding hydrogens is 312 g/mol. The van der Waals surface area contributed by atoms with Gasteiger partial charge in [-0.05, 0) is 60.1 Å². The van der Waals surface area contributed by atoms with E-state index in [1.807, 2.05) is 13.8 Å². The molecule has 2 aromatic rings. The average molecular weight is 342 g/mol. The SMILES string of the molecule is Cc1cc(O)cc(C(C)(C)C)c1Oc1c(C)cc(O)cc1C(C)(C)C. The van der Waals surface area contributed by atoms with Crippen molar-refractivity contribution >= 4 is 0 Å². The first kappa shape index (κ1) is 19.2. The zero-order chi connectivity index (χ0) is 19.2. The molecule has 3 heteroatoms. The van der Waals surface area contributed by atoms with Gasteiger partial charge in [0.25, 0.3) is 0 Å². The van der Waals surface area contributed by atoms with Crippen molar-refractivity contribution in [2.45, 2.75) is 66.2 Å². The molecule has 136 valence electrons. The molecular formula is C22H30O3. The first-order chi connectivity index (χ1) is 11.3. The molecule has 0 aliphatic rings. The van der Waals surface area contributed by atoms with E-state index in [0.29, 0.717) is 0 Å². The molecule has 0 heterocycles. The third-order valence-electron chi connectivity index (χ3n) is 4.34. The lowest BCUT2D eigenvalue weighted by Gasteiger charge is -2.28. The van der Waals surface area contributed by atoms with Gasteiger partial charge in [-0.3, -0.25) is 0 Å². The fourth-order valence-corrected chi connectivity index (χ4v) is 3.00. The van der Waals surface area contributed by atoms with Crippen LogP contribution in [-0.2, 0) is 10.8 Å². The van der Waals surface area contributed by atoms with Gasteiger partial charge in [0.15, 0.2) is 0 Å². The third-order valence-corrected chi connectivity index (χ3v) is 4.34. The van der Waals surface area contributed by atoms with E-state index in [1.54, 1.807) is 24.3 Å². The number of rotatable bonds is 2. The molecule has 0 aliphatic carbocycles. The van der Waals surface area contributed by atoms with Crippen LogP contribution in [-0.4, -0.2) is 10.2 Å². The summed E-state index contributed by atoms with van der Waals surface area (Å²) in [5, 5.41) is 20.1. The van der Waals surface area contributed by atoms with E-state index in [2.05, 4.69) is 41.5 Å². The Bertz CT molecular complexity index is 723. The predicted molar refractivity (Wildman–Crippen MR) is 103 cm³/mol. The van der Waals surface area contributed by atoms with E-state index < -0.39 is 0 Å². The van der Waals surface area contributed by atoms with Gasteiger partial charge in [0.1, 0.15) is 23.0 Å². The van der Waals surface area contributed by atoms with Gasteiger partial charge in [-0.15, -0.1) is 0 Å². The second kappa shape index (κ2) is 6.29. The highest BCUT2D eigenvalue weighted by atomic mass is 16.5. The Hall–Kier alpha value is -2.16. The molecule has 0 aliphatic heterocycles. The quantitative estimate of drug-likeness (QED) is 0.693. The second-order valence-corrected chi connectivity index (χ2v) is 8.88. The fourth-order valence-electron chi connectivity index (χ4n) is 3.00. The molecule has 0 saturated carbocycles. The van der Waals surface area contributed by atoms with Crippen LogP contribution < -0.4 is 4.74 Å². The van der Waals surface area contributed by atoms with E-state index >= 15 is 0 Å². The van der Waals surface area contributed by atoms with Gasteiger partial charge in [0.2, 0.25) is 0 Å². The highest BCUT2D eigenvalue weighted by molar-refractivity contribution is 5.55. The standard InChI is InChI=1S/C22H30O3/c1-13-9-15(23)11-17(21(3,4)5)19(13)25-20-14(2)10-16(24)12-18(20)22(6,7)8/h9-12,23-24H,1-8H3. The summed E-state index contributed by atoms with van der Waals surface area (Å²) in [6, 6.07) is 6.98. The number of hydrogen-bond donors (Lipinski definition) is 2. The Labute approximate surface area is 151 Å². The first-order valence-electron chi connectivity index (χ1n) is 8.66. The molecule has 0 unspecified atom stereocenters. The Morgan fingerprint density at radius 3 is 1.24 bits per heavy atom. The van der Waals surface area contributed by atoms with Gasteiger partial charge in [-0.1, -0.05) is 41.5 Å². The van der Waals surface area contributed by atoms with Crippen molar-refractivity contribution in [3.63, 3.8) is 0 Å². The van der Waals surface area contributed by atoms with E-state index in [0.717, 1.165) is 33.8 Å². The van der Waals surface area contributed by atoms with E-state index in [4.69, 9.17) is 4.74 Å². The summed E-state index contributed by atoms with van der Waals surface area (Å²) in [4.78, 5) is 0. The molecule has 2 aromatic carbocycles. The normalized spacial score (nSPS) is 12.3. The zero-order valence-corrected chi connectivity index (χ0v) is 16.6. The summed E-state index contributed by atoms with van der Waals surface area (Å²) >= 11 is 0. The Kier molecular flexibility index (Phi) is 4.82. The van der Waals surface area contributed by atoms with Crippen LogP contribution in [0.3, 0.4) is 0 Å². The van der Waals surface area contributed by atoms with Crippen LogP contribution in [0, 0.1) is 13.8 Å². The molecule has 2 rings (SSSR count). The van der Waals surface area contributed by atoms with Gasteiger partial charge in [0.05, 0.1) is 0 Å². The van der Waals surface area contributed by atoms with Crippen molar-refractivity contribution in [2.24, 2.45) is 0 Å². The second-order valence-electron chi connectivity index (χ2n) is 8.88. The average Bonchev–Trinajstić information content (AvgIpc) is 2.40. The van der Waals surface area contributed by atoms with Crippen LogP contribution in [0.15, 0.2) is 24.3 Å². The molecule has 0 aromatic heterocycles. The lowest BCUT2D eigenvalue weighted by Crippen LogP contribution is -2.16. The highest BCUT2D eigenvalue weighted by Gasteiger charge is 2.26. The Morgan fingerprint density at radius 1 is 0.640 bits per heavy atom. The van der Waals surface area contributed by atoms with Gasteiger partial charge < -0.3 is 14.9 Å². The molecule has 25 heavy (non-hydrogen) atoms. The van der Waals surface area contributed by atoms with Crippen molar-refractivity contribution in [3.05, 3.63) is 46.5 Å². The maximum Gasteiger partial charge on any atom is 0.134 e. The number of aryl methyl sites for hydroxylation is 2. The lowest BCUT2D eigenvalue weighted by atomic mass is 9.84. The maximum atomic E-state index is 10.0. The van der Waals surface area contributed by atoms with E-state index in [1.165, 1.54) is 0 Å². The number of aromatic hydroxyl groups is 2.